The summed E-state index contributed by atoms with van der Waals surface area (Å²) in [6.45, 7) is 0. The van der Waals surface area contributed by atoms with Gasteiger partial charge in [-0.25, -0.2) is 4.79 Å². The lowest BCUT2D eigenvalue weighted by atomic mass is 10.2. The van der Waals surface area contributed by atoms with E-state index >= 15 is 0 Å². The Morgan fingerprint density at radius 2 is 2.42 bits per heavy atom. The molecule has 2 rings (SSSR count). The molecule has 0 spiro atoms. The lowest BCUT2D eigenvalue weighted by Gasteiger charge is -2.00. The van der Waals surface area contributed by atoms with E-state index in [9.17, 15) is 4.79 Å². The van der Waals surface area contributed by atoms with Gasteiger partial charge >= 0.3 is 6.09 Å². The second kappa shape index (κ2) is 2.30. The maximum atomic E-state index is 10.5. The fourth-order valence-corrected chi connectivity index (χ4v) is 0.969. The van der Waals surface area contributed by atoms with Crippen LogP contribution in [0.25, 0.3) is 11.3 Å². The normalized spacial score (nSPS) is 10.3. The van der Waals surface area contributed by atoms with Crippen LogP contribution in [0, 0.1) is 0 Å². The molecule has 12 heavy (non-hydrogen) atoms. The van der Waals surface area contributed by atoms with Gasteiger partial charge in [0.05, 0.1) is 11.9 Å². The largest absolute Gasteiger partial charge is 0.464 e. The van der Waals surface area contributed by atoms with Gasteiger partial charge in [0.25, 0.3) is 0 Å². The summed E-state index contributed by atoms with van der Waals surface area (Å²) in [4.78, 5) is 10.5. The number of nitrogens with zero attached hydrogens (tertiary/aromatic N) is 3. The van der Waals surface area contributed by atoms with Crippen LogP contribution in [-0.4, -0.2) is 26.0 Å². The minimum absolute atomic E-state index is 0.701. The van der Waals surface area contributed by atoms with Crippen molar-refractivity contribution in [3.8, 4) is 11.3 Å². The zero-order valence-corrected chi connectivity index (χ0v) is 6.01. The van der Waals surface area contributed by atoms with E-state index in [1.807, 2.05) is 0 Å². The van der Waals surface area contributed by atoms with E-state index in [1.54, 1.807) is 6.07 Å². The number of pyridine rings is 1. The fourth-order valence-electron chi connectivity index (χ4n) is 0.969. The van der Waals surface area contributed by atoms with Crippen molar-refractivity contribution in [2.75, 3.05) is 0 Å². The summed E-state index contributed by atoms with van der Waals surface area (Å²) in [5.41, 5.74) is 1.42. The van der Waals surface area contributed by atoms with E-state index in [1.165, 1.54) is 18.6 Å². The molecule has 1 N–H and O–H groups in total. The first-order valence-electron chi connectivity index (χ1n) is 3.30. The third-order valence-electron chi connectivity index (χ3n) is 1.55. The highest BCUT2D eigenvalue weighted by Crippen LogP contribution is 2.15. The molecule has 0 bridgehead atoms. The summed E-state index contributed by atoms with van der Waals surface area (Å²) in [5.74, 6) is 0. The first kappa shape index (κ1) is 6.78. The Labute approximate surface area is 67.6 Å². The van der Waals surface area contributed by atoms with E-state index in [0.717, 1.165) is 10.1 Å². The predicted molar refractivity (Wildman–Crippen MR) is 40.1 cm³/mol. The molecular weight excluding hydrogens is 158 g/mol. The molecule has 0 atom stereocenters. The van der Waals surface area contributed by atoms with E-state index in [2.05, 4.69) is 10.2 Å². The highest BCUT2D eigenvalue weighted by Gasteiger charge is 2.06. The van der Waals surface area contributed by atoms with Crippen LogP contribution in [0.5, 0.6) is 0 Å². The Bertz CT molecular complexity index is 396. The van der Waals surface area contributed by atoms with Crippen LogP contribution in [0.2, 0.25) is 0 Å². The molecule has 2 aliphatic heterocycles. The third kappa shape index (κ3) is 0.914. The molecule has 5 heteroatoms. The second-order valence-corrected chi connectivity index (χ2v) is 2.32. The van der Waals surface area contributed by atoms with Crippen molar-refractivity contribution in [2.45, 2.75) is 0 Å². The Morgan fingerprint density at radius 1 is 1.58 bits per heavy atom. The van der Waals surface area contributed by atoms with Gasteiger partial charge in [-0.3, -0.25) is 4.57 Å². The summed E-state index contributed by atoms with van der Waals surface area (Å²) in [6.07, 6.45) is 3.41. The number of aromatic nitrogens is 3. The van der Waals surface area contributed by atoms with Gasteiger partial charge in [-0.1, -0.05) is 0 Å². The molecular formula is C7H5N3O2. The van der Waals surface area contributed by atoms with Crippen LogP contribution in [-0.2, 0) is 0 Å². The average Bonchev–Trinajstić information content (AvgIpc) is 2.49. The van der Waals surface area contributed by atoms with Crippen LogP contribution in [0.4, 0.5) is 4.79 Å². The molecule has 2 heterocycles. The van der Waals surface area contributed by atoms with Crippen molar-refractivity contribution in [1.82, 2.24) is 14.8 Å². The van der Waals surface area contributed by atoms with E-state index < -0.39 is 6.09 Å². The summed E-state index contributed by atoms with van der Waals surface area (Å²) < 4.78 is 1.06. The first-order valence-corrected chi connectivity index (χ1v) is 3.30. The minimum Gasteiger partial charge on any atom is -0.464 e. The zero-order valence-electron chi connectivity index (χ0n) is 6.01. The summed E-state index contributed by atoms with van der Waals surface area (Å²) in [5, 5.41) is 16.0. The van der Waals surface area contributed by atoms with Crippen LogP contribution in [0.1, 0.15) is 0 Å². The van der Waals surface area contributed by atoms with Crippen molar-refractivity contribution in [2.24, 2.45) is 0 Å². The van der Waals surface area contributed by atoms with Crippen LogP contribution in [0.15, 0.2) is 24.7 Å². The molecule has 0 saturated heterocycles. The molecule has 0 amide bonds. The van der Waals surface area contributed by atoms with E-state index in [4.69, 9.17) is 5.11 Å². The standard InChI is InChI=1S/C7H5N3O2/c11-7(12)10-2-1-6-5(4-10)3-8-9-6/h1-4H,(H,11,12). The quantitative estimate of drug-likeness (QED) is 0.626. The van der Waals surface area contributed by atoms with Crippen molar-refractivity contribution < 1.29 is 9.90 Å². The summed E-state index contributed by atoms with van der Waals surface area (Å²) in [6, 6.07) is 1.61. The first-order chi connectivity index (χ1) is 5.77. The number of carboxylic acid groups (broad SMARTS) is 1. The molecule has 60 valence electrons. The van der Waals surface area contributed by atoms with Crippen LogP contribution < -0.4 is 0 Å². The van der Waals surface area contributed by atoms with Crippen molar-refractivity contribution in [3.05, 3.63) is 24.7 Å². The van der Waals surface area contributed by atoms with Gasteiger partial charge in [0, 0.05) is 18.0 Å². The summed E-state index contributed by atoms with van der Waals surface area (Å²) >= 11 is 0. The van der Waals surface area contributed by atoms with Gasteiger partial charge in [0.15, 0.2) is 0 Å². The van der Waals surface area contributed by atoms with Gasteiger partial charge in [-0.2, -0.15) is 10.2 Å². The van der Waals surface area contributed by atoms with Gasteiger partial charge < -0.3 is 5.11 Å². The van der Waals surface area contributed by atoms with Crippen LogP contribution >= 0.6 is 0 Å². The fraction of sp³-hybridized carbons (Fsp3) is 0. The van der Waals surface area contributed by atoms with E-state index in [-0.39, 0.29) is 0 Å². The van der Waals surface area contributed by atoms with Crippen molar-refractivity contribution in [3.63, 3.8) is 0 Å². The molecule has 0 fully saturated rings. The smallest absolute Gasteiger partial charge is 0.415 e. The molecule has 5 nitrogen and oxygen atoms in total. The molecule has 0 aromatic carbocycles. The minimum atomic E-state index is -1.02. The third-order valence-corrected chi connectivity index (χ3v) is 1.55. The Balaban J connectivity index is 2.62. The van der Waals surface area contributed by atoms with Gasteiger partial charge in [0.2, 0.25) is 0 Å². The number of hydrogen-bond acceptors (Lipinski definition) is 3. The highest BCUT2D eigenvalue weighted by molar-refractivity contribution is 5.71. The maximum Gasteiger partial charge on any atom is 0.415 e. The van der Waals surface area contributed by atoms with Gasteiger partial charge in [-0.15, -0.1) is 0 Å². The Kier molecular flexibility index (Phi) is 1.30. The van der Waals surface area contributed by atoms with Gasteiger partial charge in [0.1, 0.15) is 0 Å². The lowest BCUT2D eigenvalue weighted by molar-refractivity contribution is 0.196. The number of hydrogen-bond donors (Lipinski definition) is 1. The number of carbonyl (C=O) groups is 1. The van der Waals surface area contributed by atoms with Gasteiger partial charge in [-0.05, 0) is 6.07 Å². The lowest BCUT2D eigenvalue weighted by Crippen LogP contribution is -2.07. The summed E-state index contributed by atoms with van der Waals surface area (Å²) in [7, 11) is 0. The maximum absolute atomic E-state index is 10.5. The SMILES string of the molecule is O=C(O)n1ccc2nncc-2c1. The monoisotopic (exact) mass is 163 g/mol. The molecule has 0 radical (unpaired) electrons. The second-order valence-electron chi connectivity index (χ2n) is 2.32. The van der Waals surface area contributed by atoms with E-state index in [0.29, 0.717) is 5.69 Å². The average molecular weight is 163 g/mol. The predicted octanol–water partition coefficient (Wildman–Crippen LogP) is 0.909. The molecule has 2 aliphatic rings. The molecule has 0 unspecified atom stereocenters. The molecule has 0 aliphatic carbocycles. The Morgan fingerprint density at radius 3 is 3.17 bits per heavy atom. The number of rotatable bonds is 0. The van der Waals surface area contributed by atoms with Crippen molar-refractivity contribution >= 4 is 6.09 Å². The number of fused-ring (bicyclic) bond motifs is 1. The Hall–Kier alpha value is -1.91. The molecule has 0 aromatic heterocycles. The zero-order chi connectivity index (χ0) is 8.55. The highest BCUT2D eigenvalue weighted by atomic mass is 16.4. The molecule has 0 aromatic rings. The topological polar surface area (TPSA) is 68.0 Å². The van der Waals surface area contributed by atoms with Crippen LogP contribution in [0.3, 0.4) is 0 Å². The molecule has 0 saturated carbocycles. The van der Waals surface area contributed by atoms with Crippen molar-refractivity contribution in [1.29, 1.82) is 0 Å².